The first-order chi connectivity index (χ1) is 7.47. The summed E-state index contributed by atoms with van der Waals surface area (Å²) in [7, 11) is 0. The van der Waals surface area contributed by atoms with Gasteiger partial charge in [-0.15, -0.1) is 0 Å². The first kappa shape index (κ1) is 11.1. The van der Waals surface area contributed by atoms with Crippen molar-refractivity contribution in [1.29, 1.82) is 0 Å². The average molecular weight is 230 g/mol. The highest BCUT2D eigenvalue weighted by molar-refractivity contribution is 5.67. The van der Waals surface area contributed by atoms with Crippen molar-refractivity contribution in [2.75, 3.05) is 11.1 Å². The maximum Gasteiger partial charge on any atom is 0.416 e. The highest BCUT2D eigenvalue weighted by Gasteiger charge is 2.31. The molecule has 0 amide bonds. The molecule has 5 heteroatoms. The van der Waals surface area contributed by atoms with Crippen molar-refractivity contribution < 1.29 is 13.2 Å². The van der Waals surface area contributed by atoms with E-state index in [2.05, 4.69) is 5.32 Å². The lowest BCUT2D eigenvalue weighted by Crippen LogP contribution is -2.27. The van der Waals surface area contributed by atoms with Crippen LogP contribution in [-0.2, 0) is 6.18 Å². The summed E-state index contributed by atoms with van der Waals surface area (Å²) in [6.45, 7) is 0. The molecule has 0 unspecified atom stereocenters. The van der Waals surface area contributed by atoms with E-state index in [1.54, 1.807) is 0 Å². The second kappa shape index (κ2) is 3.88. The minimum Gasteiger partial charge on any atom is -0.397 e. The number of nitrogens with one attached hydrogen (secondary N) is 1. The molecule has 3 N–H and O–H groups in total. The first-order valence-electron chi connectivity index (χ1n) is 5.20. The summed E-state index contributed by atoms with van der Waals surface area (Å²) in [5, 5.41) is 3.03. The first-order valence-corrected chi connectivity index (χ1v) is 5.20. The monoisotopic (exact) mass is 230 g/mol. The summed E-state index contributed by atoms with van der Waals surface area (Å²) >= 11 is 0. The zero-order valence-electron chi connectivity index (χ0n) is 8.64. The molecule has 16 heavy (non-hydrogen) atoms. The van der Waals surface area contributed by atoms with Crippen molar-refractivity contribution >= 4 is 11.4 Å². The van der Waals surface area contributed by atoms with Crippen LogP contribution in [0.5, 0.6) is 0 Å². The maximum absolute atomic E-state index is 12.5. The molecule has 2 nitrogen and oxygen atoms in total. The zero-order valence-corrected chi connectivity index (χ0v) is 8.64. The number of hydrogen-bond acceptors (Lipinski definition) is 2. The van der Waals surface area contributed by atoms with E-state index < -0.39 is 11.7 Å². The molecule has 1 fully saturated rings. The van der Waals surface area contributed by atoms with Crippen molar-refractivity contribution in [3.8, 4) is 0 Å². The lowest BCUT2D eigenvalue weighted by atomic mass is 9.93. The van der Waals surface area contributed by atoms with Crippen LogP contribution >= 0.6 is 0 Å². The Labute approximate surface area is 91.6 Å². The lowest BCUT2D eigenvalue weighted by Gasteiger charge is -2.28. The molecular formula is C11H13F3N2. The normalized spacial score (nSPS) is 16.9. The number of benzene rings is 1. The molecule has 2 rings (SSSR count). The van der Waals surface area contributed by atoms with Crippen LogP contribution in [0.25, 0.3) is 0 Å². The van der Waals surface area contributed by atoms with Gasteiger partial charge in [-0.1, -0.05) is 0 Å². The van der Waals surface area contributed by atoms with Gasteiger partial charge in [-0.3, -0.25) is 0 Å². The highest BCUT2D eigenvalue weighted by Crippen LogP contribution is 2.34. The van der Waals surface area contributed by atoms with Crippen LogP contribution < -0.4 is 11.1 Å². The summed E-state index contributed by atoms with van der Waals surface area (Å²) in [5.74, 6) is 0. The van der Waals surface area contributed by atoms with Crippen LogP contribution in [0.1, 0.15) is 24.8 Å². The maximum atomic E-state index is 12.5. The number of hydrogen-bond donors (Lipinski definition) is 2. The summed E-state index contributed by atoms with van der Waals surface area (Å²) < 4.78 is 37.4. The summed E-state index contributed by atoms with van der Waals surface area (Å²) in [6, 6.07) is 3.64. The van der Waals surface area contributed by atoms with Crippen molar-refractivity contribution in [2.24, 2.45) is 0 Å². The van der Waals surface area contributed by atoms with Gasteiger partial charge in [-0.2, -0.15) is 13.2 Å². The quantitative estimate of drug-likeness (QED) is 0.765. The Kier molecular flexibility index (Phi) is 2.69. The molecule has 0 heterocycles. The Hall–Kier alpha value is -1.39. The third-order valence-corrected chi connectivity index (χ3v) is 2.85. The van der Waals surface area contributed by atoms with E-state index in [4.69, 9.17) is 5.73 Å². The molecule has 1 saturated carbocycles. The van der Waals surface area contributed by atoms with E-state index in [0.717, 1.165) is 31.4 Å². The fraction of sp³-hybridized carbons (Fsp3) is 0.455. The van der Waals surface area contributed by atoms with Crippen LogP contribution in [0.15, 0.2) is 18.2 Å². The Bertz CT molecular complexity index is 383. The minimum atomic E-state index is -4.32. The smallest absolute Gasteiger partial charge is 0.397 e. The molecule has 0 atom stereocenters. The molecule has 1 aromatic carbocycles. The molecule has 0 aromatic heterocycles. The van der Waals surface area contributed by atoms with Crippen LogP contribution in [-0.4, -0.2) is 6.04 Å². The molecule has 0 aliphatic heterocycles. The van der Waals surface area contributed by atoms with Gasteiger partial charge in [0.2, 0.25) is 0 Å². The number of nitrogens with two attached hydrogens (primary N) is 1. The highest BCUT2D eigenvalue weighted by atomic mass is 19.4. The molecule has 0 saturated heterocycles. The fourth-order valence-corrected chi connectivity index (χ4v) is 1.63. The number of rotatable bonds is 2. The average Bonchev–Trinajstić information content (AvgIpc) is 2.11. The molecule has 0 radical (unpaired) electrons. The molecule has 88 valence electrons. The number of nitrogen functional groups attached to an aromatic ring is 1. The zero-order chi connectivity index (χ0) is 11.8. The minimum absolute atomic E-state index is 0.269. The van der Waals surface area contributed by atoms with E-state index in [1.165, 1.54) is 6.07 Å². The Morgan fingerprint density at radius 2 is 1.94 bits per heavy atom. The summed E-state index contributed by atoms with van der Waals surface area (Å²) in [5.41, 5.74) is 5.72. The van der Waals surface area contributed by atoms with E-state index >= 15 is 0 Å². The van der Waals surface area contributed by atoms with Crippen molar-refractivity contribution in [1.82, 2.24) is 0 Å². The van der Waals surface area contributed by atoms with Crippen molar-refractivity contribution in [3.05, 3.63) is 23.8 Å². The predicted octanol–water partition coefficient (Wildman–Crippen LogP) is 3.25. The van der Waals surface area contributed by atoms with E-state index in [-0.39, 0.29) is 6.04 Å². The van der Waals surface area contributed by atoms with Gasteiger partial charge in [0.25, 0.3) is 0 Å². The largest absolute Gasteiger partial charge is 0.416 e. The molecular weight excluding hydrogens is 217 g/mol. The standard InChI is InChI=1S/C11H13F3N2/c12-11(13,14)7-4-5-9(15)10(6-7)16-8-2-1-3-8/h4-6,8,16H,1-3,15H2. The van der Waals surface area contributed by atoms with Gasteiger partial charge in [-0.25, -0.2) is 0 Å². The molecule has 1 aliphatic rings. The van der Waals surface area contributed by atoms with Crippen molar-refractivity contribution in [2.45, 2.75) is 31.5 Å². The van der Waals surface area contributed by atoms with Crippen molar-refractivity contribution in [3.63, 3.8) is 0 Å². The Morgan fingerprint density at radius 1 is 1.25 bits per heavy atom. The van der Waals surface area contributed by atoms with Gasteiger partial charge in [0, 0.05) is 6.04 Å². The van der Waals surface area contributed by atoms with Crippen LogP contribution in [0, 0.1) is 0 Å². The number of anilines is 2. The van der Waals surface area contributed by atoms with Crippen LogP contribution in [0.2, 0.25) is 0 Å². The van der Waals surface area contributed by atoms with Gasteiger partial charge in [-0.05, 0) is 37.5 Å². The Balaban J connectivity index is 2.21. The third kappa shape index (κ3) is 2.23. The molecule has 1 aromatic rings. The summed E-state index contributed by atoms with van der Waals surface area (Å²) in [6.07, 6.45) is -1.20. The van der Waals surface area contributed by atoms with Crippen LogP contribution in [0.4, 0.5) is 24.5 Å². The van der Waals surface area contributed by atoms with E-state index in [1.807, 2.05) is 0 Å². The number of alkyl halides is 3. The fourth-order valence-electron chi connectivity index (χ4n) is 1.63. The Morgan fingerprint density at radius 3 is 2.44 bits per heavy atom. The topological polar surface area (TPSA) is 38.0 Å². The SMILES string of the molecule is Nc1ccc(C(F)(F)F)cc1NC1CCC1. The number of halogens is 3. The third-order valence-electron chi connectivity index (χ3n) is 2.85. The molecule has 0 bridgehead atoms. The van der Waals surface area contributed by atoms with Gasteiger partial charge in [0.15, 0.2) is 0 Å². The van der Waals surface area contributed by atoms with Gasteiger partial charge in [0.1, 0.15) is 0 Å². The summed E-state index contributed by atoms with van der Waals surface area (Å²) in [4.78, 5) is 0. The second-order valence-corrected chi connectivity index (χ2v) is 4.07. The van der Waals surface area contributed by atoms with Crippen LogP contribution in [0.3, 0.4) is 0 Å². The van der Waals surface area contributed by atoms with Gasteiger partial charge < -0.3 is 11.1 Å². The van der Waals surface area contributed by atoms with E-state index in [0.29, 0.717) is 11.4 Å². The van der Waals surface area contributed by atoms with Gasteiger partial charge in [0.05, 0.1) is 16.9 Å². The van der Waals surface area contributed by atoms with Gasteiger partial charge >= 0.3 is 6.18 Å². The predicted molar refractivity (Wildman–Crippen MR) is 57.1 cm³/mol. The molecule has 1 aliphatic carbocycles. The van der Waals surface area contributed by atoms with E-state index in [9.17, 15) is 13.2 Å². The molecule has 0 spiro atoms. The second-order valence-electron chi connectivity index (χ2n) is 4.07. The lowest BCUT2D eigenvalue weighted by molar-refractivity contribution is -0.137.